The number of hydrogen-bond acceptors (Lipinski definition) is 3. The van der Waals surface area contributed by atoms with E-state index in [1.165, 1.54) is 38.5 Å². The van der Waals surface area contributed by atoms with Crippen molar-refractivity contribution in [3.05, 3.63) is 0 Å². The zero-order valence-corrected chi connectivity index (χ0v) is 14.5. The van der Waals surface area contributed by atoms with Gasteiger partial charge in [0, 0.05) is 18.5 Å². The van der Waals surface area contributed by atoms with E-state index in [9.17, 15) is 4.79 Å². The summed E-state index contributed by atoms with van der Waals surface area (Å²) in [5.74, 6) is 3.10. The number of halogens is 1. The Labute approximate surface area is 135 Å². The highest BCUT2D eigenvalue weighted by Gasteiger charge is 2.54. The van der Waals surface area contributed by atoms with Crippen LogP contribution in [0, 0.1) is 23.2 Å². The average Bonchev–Trinajstić information content (AvgIpc) is 2.35. The van der Waals surface area contributed by atoms with E-state index in [1.54, 1.807) is 0 Å². The van der Waals surface area contributed by atoms with Crippen LogP contribution >= 0.6 is 0 Å². The Morgan fingerprint density at radius 1 is 1.14 bits per heavy atom. The van der Waals surface area contributed by atoms with Crippen molar-refractivity contribution in [2.45, 2.75) is 51.5 Å². The Kier molecular flexibility index (Phi) is 5.38. The van der Waals surface area contributed by atoms with Crippen LogP contribution in [0.15, 0.2) is 0 Å². The molecule has 4 saturated carbocycles. The number of nitrogens with zero attached hydrogens (tertiary/aromatic N) is 1. The molecule has 3 nitrogen and oxygen atoms in total. The first-order chi connectivity index (χ1) is 9.48. The quantitative estimate of drug-likeness (QED) is 0.705. The minimum absolute atomic E-state index is 0. The number of carbonyl (C=O) groups excluding carboxylic acids is 1. The molecule has 4 bridgehead atoms. The lowest BCUT2D eigenvalue weighted by Gasteiger charge is -2.56. The van der Waals surface area contributed by atoms with Gasteiger partial charge in [0.05, 0.1) is 6.04 Å². The van der Waals surface area contributed by atoms with Crippen LogP contribution in [0.5, 0.6) is 0 Å². The molecular formula is C17H30ClN2O-. The van der Waals surface area contributed by atoms with Gasteiger partial charge in [0.15, 0.2) is 5.78 Å². The van der Waals surface area contributed by atoms with Crippen molar-refractivity contribution < 1.29 is 17.2 Å². The SMILES string of the molecule is CC(NCCN(C)C)C(=O)C12CC3CC(CC(C3)C1)C2.[Cl-]. The molecule has 0 spiro atoms. The molecule has 0 amide bonds. The van der Waals surface area contributed by atoms with Crippen molar-refractivity contribution in [3.8, 4) is 0 Å². The van der Waals surface area contributed by atoms with Gasteiger partial charge in [-0.15, -0.1) is 0 Å². The van der Waals surface area contributed by atoms with E-state index in [1.807, 2.05) is 0 Å². The maximum absolute atomic E-state index is 13.0. The Bertz CT molecular complexity index is 348. The zero-order chi connectivity index (χ0) is 14.3. The molecule has 4 aliphatic carbocycles. The smallest absolute Gasteiger partial charge is 0.155 e. The Morgan fingerprint density at radius 2 is 1.62 bits per heavy atom. The molecule has 122 valence electrons. The van der Waals surface area contributed by atoms with Crippen LogP contribution in [-0.4, -0.2) is 43.9 Å². The fraction of sp³-hybridized carbons (Fsp3) is 0.941. The van der Waals surface area contributed by atoms with Crippen molar-refractivity contribution in [1.29, 1.82) is 0 Å². The van der Waals surface area contributed by atoms with E-state index in [4.69, 9.17) is 0 Å². The fourth-order valence-electron chi connectivity index (χ4n) is 5.47. The molecule has 4 fully saturated rings. The van der Waals surface area contributed by atoms with Crippen LogP contribution < -0.4 is 17.7 Å². The molecule has 4 aliphatic rings. The molecule has 0 aliphatic heterocycles. The van der Waals surface area contributed by atoms with Gasteiger partial charge in [0.25, 0.3) is 0 Å². The first-order valence-corrected chi connectivity index (χ1v) is 8.41. The van der Waals surface area contributed by atoms with E-state index < -0.39 is 0 Å². The van der Waals surface area contributed by atoms with E-state index >= 15 is 0 Å². The van der Waals surface area contributed by atoms with Gasteiger partial charge in [0.1, 0.15) is 0 Å². The molecule has 1 unspecified atom stereocenters. The summed E-state index contributed by atoms with van der Waals surface area (Å²) >= 11 is 0. The second-order valence-electron chi connectivity index (χ2n) is 8.04. The summed E-state index contributed by atoms with van der Waals surface area (Å²) in [6, 6.07) is 0.0335. The maximum atomic E-state index is 13.0. The summed E-state index contributed by atoms with van der Waals surface area (Å²) in [4.78, 5) is 15.2. The molecule has 0 aromatic rings. The van der Waals surface area contributed by atoms with Crippen LogP contribution in [-0.2, 0) is 4.79 Å². The molecular weight excluding hydrogens is 284 g/mol. The highest BCUT2D eigenvalue weighted by Crippen LogP contribution is 2.60. The number of ketones is 1. The van der Waals surface area contributed by atoms with Crippen LogP contribution in [0.3, 0.4) is 0 Å². The number of Topliss-reactive ketones (excluding diaryl/α,β-unsaturated/α-hetero) is 1. The molecule has 4 rings (SSSR count). The Morgan fingerprint density at radius 3 is 2.05 bits per heavy atom. The molecule has 1 atom stereocenters. The summed E-state index contributed by atoms with van der Waals surface area (Å²) in [7, 11) is 4.15. The molecule has 0 saturated heterocycles. The third-order valence-electron chi connectivity index (χ3n) is 5.96. The van der Waals surface area contributed by atoms with Gasteiger partial charge in [-0.3, -0.25) is 4.79 Å². The molecule has 0 aromatic heterocycles. The minimum Gasteiger partial charge on any atom is -1.00 e. The summed E-state index contributed by atoms with van der Waals surface area (Å²) in [5.41, 5.74) is 0.0548. The number of nitrogens with one attached hydrogen (secondary N) is 1. The average molecular weight is 314 g/mol. The third kappa shape index (κ3) is 3.46. The lowest BCUT2D eigenvalue weighted by Crippen LogP contribution is -3.00. The highest BCUT2D eigenvalue weighted by atomic mass is 35.5. The Hall–Kier alpha value is -0.120. The van der Waals surface area contributed by atoms with E-state index in [2.05, 4.69) is 31.2 Å². The van der Waals surface area contributed by atoms with Gasteiger partial charge < -0.3 is 22.6 Å². The predicted molar refractivity (Wildman–Crippen MR) is 81.6 cm³/mol. The van der Waals surface area contributed by atoms with E-state index in [-0.39, 0.29) is 23.9 Å². The monoisotopic (exact) mass is 313 g/mol. The van der Waals surface area contributed by atoms with Crippen LogP contribution in [0.4, 0.5) is 0 Å². The van der Waals surface area contributed by atoms with Gasteiger partial charge in [-0.25, -0.2) is 0 Å². The predicted octanol–water partition coefficient (Wildman–Crippen LogP) is -0.684. The number of likely N-dealkylation sites (N-methyl/N-ethyl adjacent to an activating group) is 1. The van der Waals surface area contributed by atoms with Gasteiger partial charge >= 0.3 is 0 Å². The third-order valence-corrected chi connectivity index (χ3v) is 5.96. The Balaban J connectivity index is 0.00000161. The van der Waals surface area contributed by atoms with Crippen molar-refractivity contribution in [2.24, 2.45) is 23.2 Å². The summed E-state index contributed by atoms with van der Waals surface area (Å²) in [6.07, 6.45) is 7.81. The van der Waals surface area contributed by atoms with Crippen molar-refractivity contribution in [3.63, 3.8) is 0 Å². The molecule has 1 N–H and O–H groups in total. The molecule has 0 aromatic carbocycles. The van der Waals surface area contributed by atoms with Gasteiger partial charge in [-0.05, 0) is 77.3 Å². The van der Waals surface area contributed by atoms with Gasteiger partial charge in [-0.2, -0.15) is 0 Å². The van der Waals surface area contributed by atoms with Crippen LogP contribution in [0.25, 0.3) is 0 Å². The van der Waals surface area contributed by atoms with E-state index in [0.717, 1.165) is 30.8 Å². The second kappa shape index (κ2) is 6.55. The summed E-state index contributed by atoms with van der Waals surface area (Å²) in [6.45, 7) is 3.99. The maximum Gasteiger partial charge on any atom is 0.155 e. The molecule has 0 radical (unpaired) electrons. The number of hydrogen-bond donors (Lipinski definition) is 1. The standard InChI is InChI=1S/C17H30N2O.ClH/c1-12(18-4-5-19(2)3)16(20)17-9-13-6-14(10-17)8-15(7-13)11-17;/h12-15,18H,4-11H2,1-3H3;1H/p-1. The summed E-state index contributed by atoms with van der Waals surface area (Å²) in [5, 5.41) is 3.45. The highest BCUT2D eigenvalue weighted by molar-refractivity contribution is 5.89. The van der Waals surface area contributed by atoms with Crippen molar-refractivity contribution >= 4 is 5.78 Å². The fourth-order valence-corrected chi connectivity index (χ4v) is 5.47. The largest absolute Gasteiger partial charge is 1.00 e. The van der Waals surface area contributed by atoms with Crippen LogP contribution in [0.2, 0.25) is 0 Å². The molecule has 0 heterocycles. The normalized spacial score (nSPS) is 38.4. The second-order valence-corrected chi connectivity index (χ2v) is 8.04. The summed E-state index contributed by atoms with van der Waals surface area (Å²) < 4.78 is 0. The first kappa shape index (κ1) is 17.2. The van der Waals surface area contributed by atoms with Gasteiger partial charge in [-0.1, -0.05) is 0 Å². The lowest BCUT2D eigenvalue weighted by molar-refractivity contribution is -0.145. The topological polar surface area (TPSA) is 32.3 Å². The van der Waals surface area contributed by atoms with Crippen molar-refractivity contribution in [1.82, 2.24) is 10.2 Å². The lowest BCUT2D eigenvalue weighted by atomic mass is 9.48. The van der Waals surface area contributed by atoms with Crippen LogP contribution in [0.1, 0.15) is 45.4 Å². The zero-order valence-electron chi connectivity index (χ0n) is 13.7. The first-order valence-electron chi connectivity index (χ1n) is 8.41. The molecule has 21 heavy (non-hydrogen) atoms. The number of carbonyl (C=O) groups is 1. The van der Waals surface area contributed by atoms with Crippen molar-refractivity contribution in [2.75, 3.05) is 27.2 Å². The number of rotatable bonds is 6. The molecule has 4 heteroatoms. The van der Waals surface area contributed by atoms with Gasteiger partial charge in [0.2, 0.25) is 0 Å². The van der Waals surface area contributed by atoms with E-state index in [0.29, 0.717) is 5.78 Å². The minimum atomic E-state index is 0.